The molecular weight excluding hydrogens is 310 g/mol. The highest BCUT2D eigenvalue weighted by Crippen LogP contribution is 2.29. The Balaban J connectivity index is 1.82. The summed E-state index contributed by atoms with van der Waals surface area (Å²) in [5, 5.41) is 13.0. The predicted octanol–water partition coefficient (Wildman–Crippen LogP) is 1.57. The first-order chi connectivity index (χ1) is 11.6. The van der Waals surface area contributed by atoms with Crippen LogP contribution in [0.3, 0.4) is 0 Å². The number of methoxy groups -OCH3 is 1. The molecule has 1 heterocycles. The van der Waals surface area contributed by atoms with Crippen molar-refractivity contribution in [3.63, 3.8) is 0 Å². The van der Waals surface area contributed by atoms with Crippen LogP contribution in [0.4, 0.5) is 0 Å². The molecule has 0 fully saturated rings. The average Bonchev–Trinajstić information content (AvgIpc) is 2.60. The lowest BCUT2D eigenvalue weighted by Gasteiger charge is -2.09. The number of carbonyl (C=O) groups is 1. The molecule has 7 nitrogen and oxygen atoms in total. The number of hydrogen-bond donors (Lipinski definition) is 3. The van der Waals surface area contributed by atoms with E-state index in [1.54, 1.807) is 42.5 Å². The number of aromatic nitrogens is 2. The Hall–Kier alpha value is -3.35. The third-order valence-electron chi connectivity index (χ3n) is 3.57. The Morgan fingerprint density at radius 1 is 1.25 bits per heavy atom. The molecule has 0 aliphatic carbocycles. The monoisotopic (exact) mass is 325 g/mol. The third-order valence-corrected chi connectivity index (χ3v) is 3.57. The van der Waals surface area contributed by atoms with Crippen LogP contribution in [0.1, 0.15) is 16.2 Å². The maximum atomic E-state index is 12.2. The second-order valence-corrected chi connectivity index (χ2v) is 5.08. The molecule has 2 aromatic carbocycles. The van der Waals surface area contributed by atoms with Gasteiger partial charge in [-0.3, -0.25) is 9.59 Å². The van der Waals surface area contributed by atoms with E-state index in [4.69, 9.17) is 4.74 Å². The van der Waals surface area contributed by atoms with Gasteiger partial charge in [-0.05, 0) is 18.2 Å². The molecule has 3 aromatic rings. The normalized spacial score (nSPS) is 10.5. The van der Waals surface area contributed by atoms with Gasteiger partial charge in [0.1, 0.15) is 0 Å². The number of aromatic hydroxyl groups is 1. The minimum absolute atomic E-state index is 0.0414. The van der Waals surface area contributed by atoms with Gasteiger partial charge in [-0.2, -0.15) is 0 Å². The first-order valence-electron chi connectivity index (χ1n) is 7.22. The van der Waals surface area contributed by atoms with Crippen LogP contribution in [-0.4, -0.2) is 28.1 Å². The summed E-state index contributed by atoms with van der Waals surface area (Å²) in [7, 11) is 1.45. The van der Waals surface area contributed by atoms with Crippen LogP contribution in [0.2, 0.25) is 0 Å². The Kier molecular flexibility index (Phi) is 4.15. The predicted molar refractivity (Wildman–Crippen MR) is 88.2 cm³/mol. The third kappa shape index (κ3) is 2.91. The fourth-order valence-corrected chi connectivity index (χ4v) is 2.33. The highest BCUT2D eigenvalue weighted by atomic mass is 16.5. The smallest absolute Gasteiger partial charge is 0.287 e. The molecule has 0 spiro atoms. The maximum Gasteiger partial charge on any atom is 0.287 e. The van der Waals surface area contributed by atoms with Crippen molar-refractivity contribution in [1.82, 2.24) is 15.3 Å². The number of nitrogens with one attached hydrogen (secondary N) is 2. The number of fused-ring (bicyclic) bond motifs is 1. The molecule has 1 amide bonds. The van der Waals surface area contributed by atoms with Gasteiger partial charge in [-0.15, -0.1) is 0 Å². The number of aromatic amines is 1. The van der Waals surface area contributed by atoms with Gasteiger partial charge in [-0.1, -0.05) is 24.3 Å². The Morgan fingerprint density at radius 2 is 2.04 bits per heavy atom. The highest BCUT2D eigenvalue weighted by Gasteiger charge is 2.13. The molecule has 0 radical (unpaired) electrons. The molecule has 0 bridgehead atoms. The number of phenolic OH excluding ortho intramolecular Hbond substituents is 1. The van der Waals surface area contributed by atoms with Gasteiger partial charge >= 0.3 is 0 Å². The molecule has 0 aliphatic rings. The molecular formula is C17H15N3O4. The van der Waals surface area contributed by atoms with Gasteiger partial charge in [0.25, 0.3) is 11.5 Å². The van der Waals surface area contributed by atoms with Crippen LogP contribution < -0.4 is 15.6 Å². The van der Waals surface area contributed by atoms with Crippen molar-refractivity contribution in [2.24, 2.45) is 0 Å². The number of nitrogens with zero attached hydrogens (tertiary/aromatic N) is 1. The van der Waals surface area contributed by atoms with Gasteiger partial charge in [0, 0.05) is 12.1 Å². The van der Waals surface area contributed by atoms with Crippen molar-refractivity contribution in [3.8, 4) is 11.5 Å². The minimum atomic E-state index is -0.542. The molecule has 122 valence electrons. The van der Waals surface area contributed by atoms with E-state index in [1.165, 1.54) is 7.11 Å². The van der Waals surface area contributed by atoms with Crippen molar-refractivity contribution >= 4 is 16.8 Å². The van der Waals surface area contributed by atoms with Crippen molar-refractivity contribution in [2.45, 2.75) is 6.54 Å². The zero-order valence-corrected chi connectivity index (χ0v) is 12.9. The highest BCUT2D eigenvalue weighted by molar-refractivity contribution is 5.92. The summed E-state index contributed by atoms with van der Waals surface area (Å²) in [6.45, 7) is 0.0679. The van der Waals surface area contributed by atoms with Crippen molar-refractivity contribution in [2.75, 3.05) is 7.11 Å². The number of rotatable bonds is 4. The van der Waals surface area contributed by atoms with E-state index in [0.29, 0.717) is 22.2 Å². The minimum Gasteiger partial charge on any atom is -0.504 e. The van der Waals surface area contributed by atoms with Gasteiger partial charge in [-0.25, -0.2) is 4.98 Å². The number of H-pyrrole nitrogens is 1. The molecule has 0 saturated heterocycles. The molecule has 0 saturated carbocycles. The quantitative estimate of drug-likeness (QED) is 0.675. The molecule has 1 aromatic heterocycles. The van der Waals surface area contributed by atoms with Gasteiger partial charge < -0.3 is 20.1 Å². The zero-order valence-electron chi connectivity index (χ0n) is 12.9. The number of amides is 1. The number of phenols is 1. The standard InChI is InChI=1S/C17H15N3O4/c1-24-13-8-4-5-10(14(13)21)9-18-17(23)15-19-12-7-3-2-6-11(12)16(22)20-15/h2-8,21H,9H2,1H3,(H,18,23)(H,19,20,22). The number of ether oxygens (including phenoxy) is 1. The van der Waals surface area contributed by atoms with Gasteiger partial charge in [0.05, 0.1) is 18.0 Å². The molecule has 0 unspecified atom stereocenters. The summed E-state index contributed by atoms with van der Waals surface area (Å²) in [4.78, 5) is 30.8. The van der Waals surface area contributed by atoms with E-state index >= 15 is 0 Å². The van der Waals surface area contributed by atoms with E-state index < -0.39 is 5.91 Å². The van der Waals surface area contributed by atoms with Crippen LogP contribution in [0.25, 0.3) is 10.9 Å². The second kappa shape index (κ2) is 6.41. The van der Waals surface area contributed by atoms with E-state index in [2.05, 4.69) is 15.3 Å². The Labute approximate surface area is 136 Å². The summed E-state index contributed by atoms with van der Waals surface area (Å²) in [6.07, 6.45) is 0. The molecule has 7 heteroatoms. The van der Waals surface area contributed by atoms with Gasteiger partial charge in [0.15, 0.2) is 17.3 Å². The van der Waals surface area contributed by atoms with Crippen molar-refractivity contribution in [1.29, 1.82) is 0 Å². The SMILES string of the molecule is COc1cccc(CNC(=O)c2nc3ccccc3c(=O)[nH]2)c1O. The number of benzene rings is 2. The summed E-state index contributed by atoms with van der Waals surface area (Å²) in [6, 6.07) is 11.7. The largest absolute Gasteiger partial charge is 0.504 e. The maximum absolute atomic E-state index is 12.2. The Bertz CT molecular complexity index is 965. The first-order valence-corrected chi connectivity index (χ1v) is 7.22. The van der Waals surface area contributed by atoms with E-state index in [0.717, 1.165) is 0 Å². The number of para-hydroxylation sites is 2. The topological polar surface area (TPSA) is 104 Å². The average molecular weight is 325 g/mol. The number of carbonyl (C=O) groups excluding carboxylic acids is 1. The summed E-state index contributed by atoms with van der Waals surface area (Å²) < 4.78 is 5.02. The Morgan fingerprint density at radius 3 is 2.83 bits per heavy atom. The molecule has 0 aliphatic heterocycles. The summed E-state index contributed by atoms with van der Waals surface area (Å²) in [5.74, 6) is -0.347. The van der Waals surface area contributed by atoms with Crippen LogP contribution >= 0.6 is 0 Å². The second-order valence-electron chi connectivity index (χ2n) is 5.08. The van der Waals surface area contributed by atoms with Crippen LogP contribution in [0, 0.1) is 0 Å². The van der Waals surface area contributed by atoms with Crippen molar-refractivity contribution in [3.05, 3.63) is 64.2 Å². The fraction of sp³-hybridized carbons (Fsp3) is 0.118. The molecule has 24 heavy (non-hydrogen) atoms. The van der Waals surface area contributed by atoms with Crippen LogP contribution in [0.15, 0.2) is 47.3 Å². The molecule has 0 atom stereocenters. The fourth-order valence-electron chi connectivity index (χ4n) is 2.33. The van der Waals surface area contributed by atoms with Crippen LogP contribution in [0.5, 0.6) is 11.5 Å². The molecule has 3 rings (SSSR count). The zero-order chi connectivity index (χ0) is 17.1. The summed E-state index contributed by atoms with van der Waals surface area (Å²) in [5.41, 5.74) is 0.552. The summed E-state index contributed by atoms with van der Waals surface area (Å²) >= 11 is 0. The lowest BCUT2D eigenvalue weighted by atomic mass is 10.2. The first kappa shape index (κ1) is 15.5. The lowest BCUT2D eigenvalue weighted by Crippen LogP contribution is -2.27. The molecule has 3 N–H and O–H groups in total. The van der Waals surface area contributed by atoms with E-state index in [9.17, 15) is 14.7 Å². The van der Waals surface area contributed by atoms with E-state index in [1.807, 2.05) is 0 Å². The van der Waals surface area contributed by atoms with Crippen molar-refractivity contribution < 1.29 is 14.6 Å². The van der Waals surface area contributed by atoms with Gasteiger partial charge in [0.2, 0.25) is 0 Å². The van der Waals surface area contributed by atoms with E-state index in [-0.39, 0.29) is 23.7 Å². The van der Waals surface area contributed by atoms with Crippen LogP contribution in [-0.2, 0) is 6.54 Å². The lowest BCUT2D eigenvalue weighted by molar-refractivity contribution is 0.0940. The number of hydrogen-bond acceptors (Lipinski definition) is 5.